The summed E-state index contributed by atoms with van der Waals surface area (Å²) in [4.78, 5) is 0. The van der Waals surface area contributed by atoms with E-state index in [0.29, 0.717) is 46.2 Å². The van der Waals surface area contributed by atoms with Crippen molar-refractivity contribution in [1.29, 1.82) is 0 Å². The van der Waals surface area contributed by atoms with Crippen molar-refractivity contribution in [1.82, 2.24) is 0 Å². The van der Waals surface area contributed by atoms with Crippen LogP contribution in [-0.2, 0) is 35.0 Å². The topological polar surface area (TPSA) is 55.4 Å². The lowest BCUT2D eigenvalue weighted by Crippen LogP contribution is -2.30. The summed E-state index contributed by atoms with van der Waals surface area (Å²) in [6.07, 6.45) is 5.27. The molecule has 0 aliphatic heterocycles. The van der Waals surface area contributed by atoms with Gasteiger partial charge in [0.1, 0.15) is 0 Å². The van der Waals surface area contributed by atoms with Gasteiger partial charge in [0.15, 0.2) is 0 Å². The van der Waals surface area contributed by atoms with Gasteiger partial charge in [-0.1, -0.05) is 50.6 Å². The van der Waals surface area contributed by atoms with Crippen molar-refractivity contribution < 1.29 is 28.4 Å². The van der Waals surface area contributed by atoms with E-state index in [1.165, 1.54) is 5.56 Å². The molecule has 0 spiro atoms. The molecule has 0 amide bonds. The fourth-order valence-corrected chi connectivity index (χ4v) is 3.60. The zero-order chi connectivity index (χ0) is 24.2. The normalized spacial score (nSPS) is 14.5. The third-order valence-electron chi connectivity index (χ3n) is 5.34. The van der Waals surface area contributed by atoms with Crippen LogP contribution in [0.4, 0.5) is 0 Å². The average Bonchev–Trinajstić information content (AvgIpc) is 2.81. The lowest BCUT2D eigenvalue weighted by atomic mass is 10.0. The van der Waals surface area contributed by atoms with Gasteiger partial charge in [0.2, 0.25) is 0 Å². The molecule has 1 aromatic rings. The van der Waals surface area contributed by atoms with Gasteiger partial charge in [-0.3, -0.25) is 0 Å². The van der Waals surface area contributed by atoms with E-state index in [2.05, 4.69) is 26.0 Å². The molecule has 0 aliphatic carbocycles. The standard InChI is InChI=1S/C27H48O6/c1-6-11-26(32-16-14-28-5)21-27(33-19-18-30-23(3)4)20-25(7-2)31-17-15-29-22-24-12-9-8-10-13-24/h8-10,12-13,23,25-27H,6-7,11,14-22H2,1-5H3. The summed E-state index contributed by atoms with van der Waals surface area (Å²) in [5.41, 5.74) is 1.18. The Labute approximate surface area is 202 Å². The van der Waals surface area contributed by atoms with Crippen LogP contribution in [0.3, 0.4) is 0 Å². The SMILES string of the molecule is CCCC(CC(CC(CC)OCCOCc1ccccc1)OCCOC(C)C)OCCOC. The molecule has 1 rings (SSSR count). The summed E-state index contributed by atoms with van der Waals surface area (Å²) in [6.45, 7) is 12.6. The number of benzene rings is 1. The monoisotopic (exact) mass is 468 g/mol. The second kappa shape index (κ2) is 20.4. The van der Waals surface area contributed by atoms with Gasteiger partial charge in [-0.15, -0.1) is 0 Å². The van der Waals surface area contributed by atoms with Gasteiger partial charge >= 0.3 is 0 Å². The molecule has 0 N–H and O–H groups in total. The van der Waals surface area contributed by atoms with Crippen LogP contribution >= 0.6 is 0 Å². The first-order chi connectivity index (χ1) is 16.1. The number of ether oxygens (including phenoxy) is 6. The number of methoxy groups -OCH3 is 1. The van der Waals surface area contributed by atoms with Crippen molar-refractivity contribution in [2.75, 3.05) is 46.8 Å². The summed E-state index contributed by atoms with van der Waals surface area (Å²) in [5.74, 6) is 0. The molecule has 6 nitrogen and oxygen atoms in total. The third-order valence-corrected chi connectivity index (χ3v) is 5.34. The highest BCUT2D eigenvalue weighted by atomic mass is 16.5. The Balaban J connectivity index is 2.49. The molecule has 33 heavy (non-hydrogen) atoms. The van der Waals surface area contributed by atoms with E-state index in [4.69, 9.17) is 28.4 Å². The van der Waals surface area contributed by atoms with Gasteiger partial charge in [0, 0.05) is 7.11 Å². The minimum Gasteiger partial charge on any atom is -0.382 e. The van der Waals surface area contributed by atoms with Crippen LogP contribution in [0.2, 0.25) is 0 Å². The van der Waals surface area contributed by atoms with Gasteiger partial charge in [-0.25, -0.2) is 0 Å². The Morgan fingerprint density at radius 1 is 0.697 bits per heavy atom. The highest BCUT2D eigenvalue weighted by Crippen LogP contribution is 2.19. The highest BCUT2D eigenvalue weighted by Gasteiger charge is 2.21. The Kier molecular flexibility index (Phi) is 18.5. The highest BCUT2D eigenvalue weighted by molar-refractivity contribution is 5.13. The molecular formula is C27H48O6. The Morgan fingerprint density at radius 2 is 1.30 bits per heavy atom. The van der Waals surface area contributed by atoms with Crippen LogP contribution < -0.4 is 0 Å². The lowest BCUT2D eigenvalue weighted by molar-refractivity contribution is -0.0761. The maximum absolute atomic E-state index is 6.25. The summed E-state index contributed by atoms with van der Waals surface area (Å²) in [5, 5.41) is 0. The average molecular weight is 469 g/mol. The van der Waals surface area contributed by atoms with Crippen molar-refractivity contribution in [3.63, 3.8) is 0 Å². The van der Waals surface area contributed by atoms with Crippen LogP contribution in [-0.4, -0.2) is 71.2 Å². The zero-order valence-electron chi connectivity index (χ0n) is 21.6. The van der Waals surface area contributed by atoms with Crippen LogP contribution in [0, 0.1) is 0 Å². The minimum absolute atomic E-state index is 0.0649. The quantitative estimate of drug-likeness (QED) is 0.212. The molecule has 0 bridgehead atoms. The molecule has 0 fully saturated rings. The predicted molar refractivity (Wildman–Crippen MR) is 133 cm³/mol. The lowest BCUT2D eigenvalue weighted by Gasteiger charge is -2.27. The first-order valence-corrected chi connectivity index (χ1v) is 12.7. The summed E-state index contributed by atoms with van der Waals surface area (Å²) in [7, 11) is 1.70. The molecular weight excluding hydrogens is 420 g/mol. The van der Waals surface area contributed by atoms with Crippen LogP contribution in [0.15, 0.2) is 30.3 Å². The van der Waals surface area contributed by atoms with Crippen molar-refractivity contribution in [2.24, 2.45) is 0 Å². The smallest absolute Gasteiger partial charge is 0.0718 e. The first kappa shape index (κ1) is 30.0. The van der Waals surface area contributed by atoms with E-state index < -0.39 is 0 Å². The Morgan fingerprint density at radius 3 is 1.97 bits per heavy atom. The van der Waals surface area contributed by atoms with Gasteiger partial charge in [0.05, 0.1) is 70.7 Å². The van der Waals surface area contributed by atoms with E-state index >= 15 is 0 Å². The first-order valence-electron chi connectivity index (χ1n) is 12.7. The second-order valence-corrected chi connectivity index (χ2v) is 8.60. The van der Waals surface area contributed by atoms with E-state index in [0.717, 1.165) is 32.1 Å². The maximum Gasteiger partial charge on any atom is 0.0718 e. The van der Waals surface area contributed by atoms with Gasteiger partial charge in [-0.2, -0.15) is 0 Å². The van der Waals surface area contributed by atoms with Gasteiger partial charge < -0.3 is 28.4 Å². The Bertz CT molecular complexity index is 539. The number of hydrogen-bond donors (Lipinski definition) is 0. The van der Waals surface area contributed by atoms with Crippen LogP contribution in [0.25, 0.3) is 0 Å². The molecule has 192 valence electrons. The number of hydrogen-bond acceptors (Lipinski definition) is 6. The fraction of sp³-hybridized carbons (Fsp3) is 0.778. The van der Waals surface area contributed by atoms with Crippen LogP contribution in [0.1, 0.15) is 65.4 Å². The largest absolute Gasteiger partial charge is 0.382 e. The molecule has 1 aromatic carbocycles. The van der Waals surface area contributed by atoms with Crippen molar-refractivity contribution in [2.45, 2.75) is 90.8 Å². The fourth-order valence-electron chi connectivity index (χ4n) is 3.60. The third kappa shape index (κ3) is 16.3. The minimum atomic E-state index is 0.0649. The molecule has 3 atom stereocenters. The molecule has 0 aliphatic rings. The van der Waals surface area contributed by atoms with Gasteiger partial charge in [0.25, 0.3) is 0 Å². The molecule has 0 radical (unpaired) electrons. The van der Waals surface area contributed by atoms with Crippen molar-refractivity contribution in [3.8, 4) is 0 Å². The molecule has 0 heterocycles. The van der Waals surface area contributed by atoms with Crippen LogP contribution in [0.5, 0.6) is 0 Å². The summed E-state index contributed by atoms with van der Waals surface area (Å²) < 4.78 is 35.0. The van der Waals surface area contributed by atoms with E-state index in [-0.39, 0.29) is 24.4 Å². The van der Waals surface area contributed by atoms with Crippen molar-refractivity contribution in [3.05, 3.63) is 35.9 Å². The second-order valence-electron chi connectivity index (χ2n) is 8.60. The summed E-state index contributed by atoms with van der Waals surface area (Å²) >= 11 is 0. The molecule has 0 saturated carbocycles. The molecule has 0 aromatic heterocycles. The predicted octanol–water partition coefficient (Wildman–Crippen LogP) is 5.42. The Hall–Kier alpha value is -1.02. The van der Waals surface area contributed by atoms with Crippen molar-refractivity contribution >= 4 is 0 Å². The van der Waals surface area contributed by atoms with Gasteiger partial charge in [-0.05, 0) is 45.1 Å². The van der Waals surface area contributed by atoms with E-state index in [1.54, 1.807) is 7.11 Å². The van der Waals surface area contributed by atoms with E-state index in [1.807, 2.05) is 32.0 Å². The zero-order valence-corrected chi connectivity index (χ0v) is 21.6. The molecule has 6 heteroatoms. The number of rotatable bonds is 22. The molecule has 3 unspecified atom stereocenters. The molecule has 0 saturated heterocycles. The van der Waals surface area contributed by atoms with E-state index in [9.17, 15) is 0 Å². The maximum atomic E-state index is 6.25. The summed E-state index contributed by atoms with van der Waals surface area (Å²) in [6, 6.07) is 10.2.